The number of hydrogen-bond acceptors (Lipinski definition) is 2. The fourth-order valence-corrected chi connectivity index (χ4v) is 2.38. The Morgan fingerprint density at radius 3 is 2.62 bits per heavy atom. The molecular weight excluding hydrogens is 220 g/mol. The summed E-state index contributed by atoms with van der Waals surface area (Å²) in [6.07, 6.45) is 0. The van der Waals surface area contributed by atoms with Gasteiger partial charge in [0.15, 0.2) is 0 Å². The van der Waals surface area contributed by atoms with Gasteiger partial charge < -0.3 is 5.32 Å². The summed E-state index contributed by atoms with van der Waals surface area (Å²) in [5, 5.41) is 4.26. The molecule has 1 saturated heterocycles. The molecule has 1 aromatic carbocycles. The van der Waals surface area contributed by atoms with Gasteiger partial charge in [-0.2, -0.15) is 0 Å². The van der Waals surface area contributed by atoms with E-state index in [1.165, 1.54) is 16.7 Å². The third-order valence-electron chi connectivity index (χ3n) is 3.36. The van der Waals surface area contributed by atoms with Crippen LogP contribution in [-0.2, 0) is 6.54 Å². The van der Waals surface area contributed by atoms with E-state index >= 15 is 0 Å². The highest BCUT2D eigenvalue weighted by molar-refractivity contribution is 6.31. The molecule has 2 nitrogen and oxygen atoms in total. The molecule has 0 amide bonds. The predicted octanol–water partition coefficient (Wildman–Crippen LogP) is 2.36. The van der Waals surface area contributed by atoms with E-state index in [0.717, 1.165) is 37.7 Å². The third kappa shape index (κ3) is 2.57. The number of rotatable bonds is 2. The first-order valence-corrected chi connectivity index (χ1v) is 6.24. The summed E-state index contributed by atoms with van der Waals surface area (Å²) in [7, 11) is 0. The van der Waals surface area contributed by atoms with Gasteiger partial charge in [0.2, 0.25) is 0 Å². The Kier molecular flexibility index (Phi) is 3.85. The van der Waals surface area contributed by atoms with Crippen molar-refractivity contribution in [2.75, 3.05) is 26.2 Å². The second-order valence-electron chi connectivity index (χ2n) is 4.49. The van der Waals surface area contributed by atoms with Gasteiger partial charge in [-0.25, -0.2) is 0 Å². The highest BCUT2D eigenvalue weighted by Gasteiger charge is 2.13. The highest BCUT2D eigenvalue weighted by atomic mass is 35.5. The molecule has 0 radical (unpaired) electrons. The van der Waals surface area contributed by atoms with Gasteiger partial charge in [0.05, 0.1) is 0 Å². The maximum absolute atomic E-state index is 6.17. The quantitative estimate of drug-likeness (QED) is 0.851. The summed E-state index contributed by atoms with van der Waals surface area (Å²) in [4.78, 5) is 2.49. The van der Waals surface area contributed by atoms with Crippen LogP contribution in [0, 0.1) is 13.8 Å². The molecule has 0 unspecified atom stereocenters. The van der Waals surface area contributed by atoms with Crippen LogP contribution < -0.4 is 5.32 Å². The Balaban J connectivity index is 2.16. The van der Waals surface area contributed by atoms with E-state index in [1.54, 1.807) is 0 Å². The molecule has 88 valence electrons. The lowest BCUT2D eigenvalue weighted by Gasteiger charge is -2.28. The lowest BCUT2D eigenvalue weighted by molar-refractivity contribution is 0.232. The first kappa shape index (κ1) is 11.9. The van der Waals surface area contributed by atoms with Crippen LogP contribution >= 0.6 is 11.6 Å². The Morgan fingerprint density at radius 2 is 1.94 bits per heavy atom. The molecule has 0 saturated carbocycles. The molecule has 0 spiro atoms. The van der Waals surface area contributed by atoms with Crippen LogP contribution in [0.1, 0.15) is 16.7 Å². The standard InChI is InChI=1S/C13H19ClN2/c1-10-3-4-13(14)11(2)12(10)9-16-7-5-15-6-8-16/h3-4,15H,5-9H2,1-2H3. The Labute approximate surface area is 103 Å². The maximum atomic E-state index is 6.17. The third-order valence-corrected chi connectivity index (χ3v) is 3.77. The molecule has 1 heterocycles. The van der Waals surface area contributed by atoms with Crippen LogP contribution in [0.3, 0.4) is 0 Å². The Hall–Kier alpha value is -0.570. The first-order valence-electron chi connectivity index (χ1n) is 5.86. The molecule has 1 N–H and O–H groups in total. The molecule has 2 rings (SSSR count). The number of nitrogens with one attached hydrogen (secondary N) is 1. The molecule has 0 bridgehead atoms. The van der Waals surface area contributed by atoms with Crippen LogP contribution in [0.5, 0.6) is 0 Å². The van der Waals surface area contributed by atoms with Gasteiger partial charge in [0.1, 0.15) is 0 Å². The summed E-state index contributed by atoms with van der Waals surface area (Å²) >= 11 is 6.17. The number of halogens is 1. The van der Waals surface area contributed by atoms with E-state index < -0.39 is 0 Å². The van der Waals surface area contributed by atoms with Gasteiger partial charge in [0, 0.05) is 37.7 Å². The van der Waals surface area contributed by atoms with E-state index in [9.17, 15) is 0 Å². The summed E-state index contributed by atoms with van der Waals surface area (Å²) in [5.41, 5.74) is 3.98. The molecular formula is C13H19ClN2. The van der Waals surface area contributed by atoms with Gasteiger partial charge in [-0.1, -0.05) is 17.7 Å². The smallest absolute Gasteiger partial charge is 0.0438 e. The largest absolute Gasteiger partial charge is 0.314 e. The molecule has 3 heteroatoms. The van der Waals surface area contributed by atoms with Crippen molar-refractivity contribution >= 4 is 11.6 Å². The fourth-order valence-electron chi connectivity index (χ4n) is 2.20. The fraction of sp³-hybridized carbons (Fsp3) is 0.538. The van der Waals surface area contributed by atoms with Crippen LogP contribution in [-0.4, -0.2) is 31.1 Å². The average Bonchev–Trinajstić information content (AvgIpc) is 2.31. The first-order chi connectivity index (χ1) is 7.68. The van der Waals surface area contributed by atoms with E-state index in [2.05, 4.69) is 30.1 Å². The summed E-state index contributed by atoms with van der Waals surface area (Å²) in [6, 6.07) is 4.11. The number of hydrogen-bond donors (Lipinski definition) is 1. The van der Waals surface area contributed by atoms with E-state index in [1.807, 2.05) is 6.07 Å². The van der Waals surface area contributed by atoms with Crippen LogP contribution in [0.25, 0.3) is 0 Å². The van der Waals surface area contributed by atoms with Gasteiger partial charge in [-0.15, -0.1) is 0 Å². The highest BCUT2D eigenvalue weighted by Crippen LogP contribution is 2.23. The molecule has 1 aliphatic rings. The van der Waals surface area contributed by atoms with Crippen molar-refractivity contribution in [3.05, 3.63) is 33.8 Å². The van der Waals surface area contributed by atoms with Crippen LogP contribution in [0.15, 0.2) is 12.1 Å². The van der Waals surface area contributed by atoms with Gasteiger partial charge >= 0.3 is 0 Å². The number of benzene rings is 1. The summed E-state index contributed by atoms with van der Waals surface area (Å²) < 4.78 is 0. The lowest BCUT2D eigenvalue weighted by atomic mass is 10.0. The van der Waals surface area contributed by atoms with Crippen molar-refractivity contribution in [2.24, 2.45) is 0 Å². The maximum Gasteiger partial charge on any atom is 0.0438 e. The van der Waals surface area contributed by atoms with Crippen LogP contribution in [0.2, 0.25) is 5.02 Å². The molecule has 16 heavy (non-hydrogen) atoms. The number of piperazine rings is 1. The van der Waals surface area contributed by atoms with Crippen molar-refractivity contribution in [2.45, 2.75) is 20.4 Å². The van der Waals surface area contributed by atoms with Crippen molar-refractivity contribution in [3.63, 3.8) is 0 Å². The minimum Gasteiger partial charge on any atom is -0.314 e. The Bertz CT molecular complexity index is 370. The van der Waals surface area contributed by atoms with E-state index in [0.29, 0.717) is 0 Å². The SMILES string of the molecule is Cc1ccc(Cl)c(C)c1CN1CCNCC1. The molecule has 0 aliphatic carbocycles. The van der Waals surface area contributed by atoms with Crippen molar-refractivity contribution < 1.29 is 0 Å². The average molecular weight is 239 g/mol. The van der Waals surface area contributed by atoms with Gasteiger partial charge in [-0.3, -0.25) is 4.90 Å². The van der Waals surface area contributed by atoms with Crippen LogP contribution in [0.4, 0.5) is 0 Å². The van der Waals surface area contributed by atoms with Crippen molar-refractivity contribution in [1.82, 2.24) is 10.2 Å². The van der Waals surface area contributed by atoms with Gasteiger partial charge in [-0.05, 0) is 36.6 Å². The molecule has 0 atom stereocenters. The summed E-state index contributed by atoms with van der Waals surface area (Å²) in [5.74, 6) is 0. The van der Waals surface area contributed by atoms with Gasteiger partial charge in [0.25, 0.3) is 0 Å². The number of nitrogens with zero attached hydrogens (tertiary/aromatic N) is 1. The summed E-state index contributed by atoms with van der Waals surface area (Å²) in [6.45, 7) is 9.77. The zero-order chi connectivity index (χ0) is 11.5. The minimum atomic E-state index is 0.885. The minimum absolute atomic E-state index is 0.885. The zero-order valence-electron chi connectivity index (χ0n) is 10.0. The normalized spacial score (nSPS) is 17.7. The zero-order valence-corrected chi connectivity index (χ0v) is 10.8. The topological polar surface area (TPSA) is 15.3 Å². The number of aryl methyl sites for hydroxylation is 1. The molecule has 1 fully saturated rings. The second kappa shape index (κ2) is 5.17. The van der Waals surface area contributed by atoms with Crippen molar-refractivity contribution in [3.8, 4) is 0 Å². The Morgan fingerprint density at radius 1 is 1.25 bits per heavy atom. The van der Waals surface area contributed by atoms with E-state index in [-0.39, 0.29) is 0 Å². The molecule has 0 aromatic heterocycles. The lowest BCUT2D eigenvalue weighted by Crippen LogP contribution is -2.43. The van der Waals surface area contributed by atoms with E-state index in [4.69, 9.17) is 11.6 Å². The molecule has 1 aromatic rings. The monoisotopic (exact) mass is 238 g/mol. The second-order valence-corrected chi connectivity index (χ2v) is 4.90. The van der Waals surface area contributed by atoms with Crippen molar-refractivity contribution in [1.29, 1.82) is 0 Å². The molecule has 1 aliphatic heterocycles. The predicted molar refractivity (Wildman–Crippen MR) is 69.1 cm³/mol.